The summed E-state index contributed by atoms with van der Waals surface area (Å²) in [5.74, 6) is 1.02. The standard InChI is InChI=1S/C23H39NO/c1-5-8-16-23(4,7-3)20-12-14-22(15-13-20)25-19-18-24-17-10-9-11-21(24)6-2/h12-15,21H,5-11,16-19H2,1-4H3. The van der Waals surface area contributed by atoms with Crippen LogP contribution in [0.2, 0.25) is 0 Å². The Hall–Kier alpha value is -1.02. The van der Waals surface area contributed by atoms with Crippen molar-refractivity contribution in [3.05, 3.63) is 29.8 Å². The summed E-state index contributed by atoms with van der Waals surface area (Å²) in [5.41, 5.74) is 1.76. The van der Waals surface area contributed by atoms with Gasteiger partial charge in [0.1, 0.15) is 12.4 Å². The maximum atomic E-state index is 6.04. The molecule has 2 nitrogen and oxygen atoms in total. The number of benzene rings is 1. The summed E-state index contributed by atoms with van der Waals surface area (Å²) in [6.45, 7) is 12.4. The number of hydrogen-bond acceptors (Lipinski definition) is 2. The largest absolute Gasteiger partial charge is 0.492 e. The molecule has 0 aliphatic carbocycles. The van der Waals surface area contributed by atoms with Gasteiger partial charge in [0.15, 0.2) is 0 Å². The lowest BCUT2D eigenvalue weighted by molar-refractivity contribution is 0.120. The molecule has 25 heavy (non-hydrogen) atoms. The molecule has 0 saturated carbocycles. The van der Waals surface area contributed by atoms with Crippen LogP contribution < -0.4 is 4.74 Å². The first-order valence-corrected chi connectivity index (χ1v) is 10.6. The minimum absolute atomic E-state index is 0.302. The first kappa shape index (κ1) is 20.3. The van der Waals surface area contributed by atoms with Crippen LogP contribution in [0.5, 0.6) is 5.75 Å². The number of piperidine rings is 1. The topological polar surface area (TPSA) is 12.5 Å². The van der Waals surface area contributed by atoms with Gasteiger partial charge in [0.2, 0.25) is 0 Å². The maximum Gasteiger partial charge on any atom is 0.119 e. The first-order chi connectivity index (χ1) is 12.1. The molecule has 0 spiro atoms. The average Bonchev–Trinajstić information content (AvgIpc) is 2.67. The lowest BCUT2D eigenvalue weighted by Crippen LogP contribution is -2.41. The SMILES string of the molecule is CCCCC(C)(CC)c1ccc(OCCN2CCCCC2CC)cc1. The van der Waals surface area contributed by atoms with Crippen LogP contribution in [0, 0.1) is 0 Å². The normalized spacial score (nSPS) is 21.0. The van der Waals surface area contributed by atoms with E-state index in [1.165, 1.54) is 63.5 Å². The lowest BCUT2D eigenvalue weighted by Gasteiger charge is -2.35. The monoisotopic (exact) mass is 345 g/mol. The van der Waals surface area contributed by atoms with E-state index in [1.807, 2.05) is 0 Å². The Morgan fingerprint density at radius 3 is 2.52 bits per heavy atom. The summed E-state index contributed by atoms with van der Waals surface area (Å²) in [6, 6.07) is 9.67. The number of unbranched alkanes of at least 4 members (excludes halogenated alkanes) is 1. The van der Waals surface area contributed by atoms with Crippen molar-refractivity contribution in [1.82, 2.24) is 4.90 Å². The van der Waals surface area contributed by atoms with Gasteiger partial charge < -0.3 is 4.74 Å². The molecule has 2 unspecified atom stereocenters. The third kappa shape index (κ3) is 5.74. The van der Waals surface area contributed by atoms with Crippen LogP contribution in [0.15, 0.2) is 24.3 Å². The number of ether oxygens (including phenoxy) is 1. The smallest absolute Gasteiger partial charge is 0.119 e. The summed E-state index contributed by atoms with van der Waals surface area (Å²) in [4.78, 5) is 2.62. The molecule has 1 aliphatic heterocycles. The minimum atomic E-state index is 0.302. The molecule has 0 amide bonds. The van der Waals surface area contributed by atoms with Crippen LogP contribution in [-0.2, 0) is 5.41 Å². The summed E-state index contributed by atoms with van der Waals surface area (Å²) < 4.78 is 6.04. The van der Waals surface area contributed by atoms with Crippen molar-refractivity contribution < 1.29 is 4.74 Å². The van der Waals surface area contributed by atoms with Gasteiger partial charge in [-0.25, -0.2) is 0 Å². The Morgan fingerprint density at radius 2 is 1.88 bits per heavy atom. The molecule has 1 fully saturated rings. The Labute approximate surface area is 156 Å². The highest BCUT2D eigenvalue weighted by molar-refractivity contribution is 5.32. The fraction of sp³-hybridized carbons (Fsp3) is 0.739. The van der Waals surface area contributed by atoms with Crippen molar-refractivity contribution in [2.45, 2.75) is 90.5 Å². The molecule has 1 saturated heterocycles. The highest BCUT2D eigenvalue weighted by Gasteiger charge is 2.24. The molecule has 2 heteroatoms. The van der Waals surface area contributed by atoms with Crippen molar-refractivity contribution in [1.29, 1.82) is 0 Å². The molecular formula is C23H39NO. The minimum Gasteiger partial charge on any atom is -0.492 e. The van der Waals surface area contributed by atoms with Gasteiger partial charge >= 0.3 is 0 Å². The molecule has 1 aliphatic rings. The van der Waals surface area contributed by atoms with E-state index in [4.69, 9.17) is 4.74 Å². The zero-order valence-corrected chi connectivity index (χ0v) is 17.0. The van der Waals surface area contributed by atoms with E-state index in [0.717, 1.165) is 24.9 Å². The highest BCUT2D eigenvalue weighted by atomic mass is 16.5. The molecule has 1 aromatic carbocycles. The van der Waals surface area contributed by atoms with Gasteiger partial charge in [-0.3, -0.25) is 4.90 Å². The Morgan fingerprint density at radius 1 is 1.12 bits per heavy atom. The predicted octanol–water partition coefficient (Wildman–Crippen LogP) is 6.19. The first-order valence-electron chi connectivity index (χ1n) is 10.6. The molecule has 142 valence electrons. The molecule has 0 aromatic heterocycles. The Kier molecular flexibility index (Phi) is 8.29. The van der Waals surface area contributed by atoms with Gasteiger partial charge in [0, 0.05) is 12.6 Å². The predicted molar refractivity (Wildman–Crippen MR) is 109 cm³/mol. The molecule has 0 radical (unpaired) electrons. The zero-order valence-electron chi connectivity index (χ0n) is 17.0. The molecule has 2 rings (SSSR count). The van der Waals surface area contributed by atoms with Crippen molar-refractivity contribution >= 4 is 0 Å². The molecule has 2 atom stereocenters. The molecule has 1 heterocycles. The van der Waals surface area contributed by atoms with E-state index in [2.05, 4.69) is 56.9 Å². The summed E-state index contributed by atoms with van der Waals surface area (Å²) >= 11 is 0. The number of nitrogens with zero attached hydrogens (tertiary/aromatic N) is 1. The van der Waals surface area contributed by atoms with Crippen LogP contribution in [0.25, 0.3) is 0 Å². The van der Waals surface area contributed by atoms with E-state index in [0.29, 0.717) is 5.41 Å². The van der Waals surface area contributed by atoms with E-state index in [1.54, 1.807) is 0 Å². The van der Waals surface area contributed by atoms with Gasteiger partial charge in [0.05, 0.1) is 0 Å². The van der Waals surface area contributed by atoms with Crippen LogP contribution >= 0.6 is 0 Å². The molecule has 1 aromatic rings. The lowest BCUT2D eigenvalue weighted by atomic mass is 9.76. The van der Waals surface area contributed by atoms with Gasteiger partial charge in [-0.05, 0) is 61.8 Å². The molecular weight excluding hydrogens is 306 g/mol. The van der Waals surface area contributed by atoms with Crippen molar-refractivity contribution in [2.75, 3.05) is 19.7 Å². The second-order valence-corrected chi connectivity index (χ2v) is 7.98. The third-order valence-electron chi connectivity index (χ3n) is 6.28. The van der Waals surface area contributed by atoms with E-state index >= 15 is 0 Å². The quantitative estimate of drug-likeness (QED) is 0.501. The number of likely N-dealkylation sites (tertiary alicyclic amines) is 1. The van der Waals surface area contributed by atoms with E-state index in [-0.39, 0.29) is 0 Å². The molecule has 0 bridgehead atoms. The van der Waals surface area contributed by atoms with Gasteiger partial charge in [-0.2, -0.15) is 0 Å². The van der Waals surface area contributed by atoms with Gasteiger partial charge in [-0.15, -0.1) is 0 Å². The maximum absolute atomic E-state index is 6.04. The van der Waals surface area contributed by atoms with Crippen LogP contribution in [-0.4, -0.2) is 30.6 Å². The Balaban J connectivity index is 1.85. The number of rotatable bonds is 10. The Bertz CT molecular complexity index is 483. The fourth-order valence-corrected chi connectivity index (χ4v) is 4.14. The summed E-state index contributed by atoms with van der Waals surface area (Å²) in [7, 11) is 0. The fourth-order valence-electron chi connectivity index (χ4n) is 4.14. The zero-order chi connectivity index (χ0) is 18.1. The summed E-state index contributed by atoms with van der Waals surface area (Å²) in [5, 5.41) is 0. The van der Waals surface area contributed by atoms with Gasteiger partial charge in [0.25, 0.3) is 0 Å². The second kappa shape index (κ2) is 10.2. The number of hydrogen-bond donors (Lipinski definition) is 0. The highest BCUT2D eigenvalue weighted by Crippen LogP contribution is 2.33. The second-order valence-electron chi connectivity index (χ2n) is 7.98. The third-order valence-corrected chi connectivity index (χ3v) is 6.28. The van der Waals surface area contributed by atoms with E-state index in [9.17, 15) is 0 Å². The van der Waals surface area contributed by atoms with Crippen LogP contribution in [0.1, 0.15) is 84.6 Å². The van der Waals surface area contributed by atoms with Crippen molar-refractivity contribution in [3.8, 4) is 5.75 Å². The van der Waals surface area contributed by atoms with Crippen LogP contribution in [0.4, 0.5) is 0 Å². The van der Waals surface area contributed by atoms with Crippen molar-refractivity contribution in [2.24, 2.45) is 0 Å². The molecule has 0 N–H and O–H groups in total. The summed E-state index contributed by atoms with van der Waals surface area (Å²) in [6.07, 6.45) is 10.4. The van der Waals surface area contributed by atoms with Crippen LogP contribution in [0.3, 0.4) is 0 Å². The van der Waals surface area contributed by atoms with Crippen molar-refractivity contribution in [3.63, 3.8) is 0 Å². The van der Waals surface area contributed by atoms with Gasteiger partial charge in [-0.1, -0.05) is 59.1 Å². The average molecular weight is 346 g/mol. The van der Waals surface area contributed by atoms with E-state index < -0.39 is 0 Å².